The first kappa shape index (κ1) is 21.7. The molecule has 0 aliphatic carbocycles. The van der Waals surface area contributed by atoms with Gasteiger partial charge in [-0.15, -0.1) is 0 Å². The van der Waals surface area contributed by atoms with E-state index < -0.39 is 6.04 Å². The first-order valence-corrected chi connectivity index (χ1v) is 10.0. The van der Waals surface area contributed by atoms with Crippen LogP contribution in [0, 0.1) is 13.8 Å². The summed E-state index contributed by atoms with van der Waals surface area (Å²) in [6, 6.07) is 15.6. The topological polar surface area (TPSA) is 49.4 Å². The van der Waals surface area contributed by atoms with Crippen molar-refractivity contribution in [3.05, 3.63) is 70.8 Å². The van der Waals surface area contributed by atoms with E-state index >= 15 is 0 Å². The van der Waals surface area contributed by atoms with E-state index in [1.54, 1.807) is 4.90 Å². The number of carbonyl (C=O) groups excluding carboxylic acids is 2. The lowest BCUT2D eigenvalue weighted by Gasteiger charge is -2.31. The molecule has 0 bridgehead atoms. The molecule has 2 aromatic carbocycles. The zero-order valence-electron chi connectivity index (χ0n) is 17.7. The molecule has 4 heteroatoms. The van der Waals surface area contributed by atoms with Gasteiger partial charge >= 0.3 is 0 Å². The number of rotatable bonds is 8. The predicted octanol–water partition coefficient (Wildman–Crippen LogP) is 4.18. The molecule has 0 aliphatic rings. The van der Waals surface area contributed by atoms with Crippen molar-refractivity contribution in [3.8, 4) is 0 Å². The van der Waals surface area contributed by atoms with Crippen molar-refractivity contribution in [2.75, 3.05) is 0 Å². The second-order valence-electron chi connectivity index (χ2n) is 7.70. The number of benzene rings is 2. The zero-order chi connectivity index (χ0) is 20.7. The van der Waals surface area contributed by atoms with Gasteiger partial charge in [-0.1, -0.05) is 61.0 Å². The van der Waals surface area contributed by atoms with Gasteiger partial charge in [-0.05, 0) is 50.8 Å². The summed E-state index contributed by atoms with van der Waals surface area (Å²) in [5, 5.41) is 2.97. The first-order valence-electron chi connectivity index (χ1n) is 10.0. The van der Waals surface area contributed by atoms with Crippen LogP contribution in [0.2, 0.25) is 0 Å². The second kappa shape index (κ2) is 10.1. The molecule has 2 amide bonds. The van der Waals surface area contributed by atoms with E-state index in [1.165, 1.54) is 0 Å². The van der Waals surface area contributed by atoms with Crippen molar-refractivity contribution >= 4 is 11.8 Å². The Bertz CT molecular complexity index is 800. The number of nitrogens with zero attached hydrogens (tertiary/aromatic N) is 1. The third-order valence-electron chi connectivity index (χ3n) is 4.86. The molecule has 4 nitrogen and oxygen atoms in total. The summed E-state index contributed by atoms with van der Waals surface area (Å²) in [6.45, 7) is 10.3. The Morgan fingerprint density at radius 1 is 1.04 bits per heavy atom. The third kappa shape index (κ3) is 5.95. The Labute approximate surface area is 169 Å². The quantitative estimate of drug-likeness (QED) is 0.747. The van der Waals surface area contributed by atoms with Crippen molar-refractivity contribution < 1.29 is 9.59 Å². The van der Waals surface area contributed by atoms with Gasteiger partial charge in [0.2, 0.25) is 11.8 Å². The molecule has 2 rings (SSSR count). The van der Waals surface area contributed by atoms with E-state index in [1.807, 2.05) is 71.0 Å². The Hall–Kier alpha value is -2.62. The maximum Gasteiger partial charge on any atom is 0.243 e. The number of amides is 2. The molecule has 0 aliphatic heterocycles. The number of hydrogen-bond acceptors (Lipinski definition) is 2. The van der Waals surface area contributed by atoms with Gasteiger partial charge < -0.3 is 10.2 Å². The number of hydrogen-bond donors (Lipinski definition) is 1. The molecule has 1 atom stereocenters. The molecule has 2 aromatic rings. The predicted molar refractivity (Wildman–Crippen MR) is 114 cm³/mol. The standard InChI is InChI=1S/C24H32N2O2/c1-6-22(24(28)25-17(2)3)26(16-20-10-8-7-9-11-20)23(27)15-21-14-18(4)12-13-19(21)5/h7-14,17,22H,6,15-16H2,1-5H3,(H,25,28). The summed E-state index contributed by atoms with van der Waals surface area (Å²) < 4.78 is 0. The Kier molecular flexibility index (Phi) is 7.80. The summed E-state index contributed by atoms with van der Waals surface area (Å²) >= 11 is 0. The molecule has 0 heterocycles. The molecular weight excluding hydrogens is 348 g/mol. The minimum absolute atomic E-state index is 0.0247. The summed E-state index contributed by atoms with van der Waals surface area (Å²) in [4.78, 5) is 27.8. The molecule has 150 valence electrons. The first-order chi connectivity index (χ1) is 13.3. The molecule has 0 saturated heterocycles. The lowest BCUT2D eigenvalue weighted by molar-refractivity contribution is -0.141. The summed E-state index contributed by atoms with van der Waals surface area (Å²) in [5.41, 5.74) is 4.26. The lowest BCUT2D eigenvalue weighted by Crippen LogP contribution is -2.50. The van der Waals surface area contributed by atoms with Crippen molar-refractivity contribution in [1.29, 1.82) is 0 Å². The van der Waals surface area contributed by atoms with Crippen molar-refractivity contribution in [3.63, 3.8) is 0 Å². The minimum Gasteiger partial charge on any atom is -0.352 e. The van der Waals surface area contributed by atoms with E-state index in [4.69, 9.17) is 0 Å². The monoisotopic (exact) mass is 380 g/mol. The van der Waals surface area contributed by atoms with Gasteiger partial charge in [0.1, 0.15) is 6.04 Å². The molecule has 0 fully saturated rings. The van der Waals surface area contributed by atoms with E-state index in [0.717, 1.165) is 22.3 Å². The van der Waals surface area contributed by atoms with E-state index in [9.17, 15) is 9.59 Å². The molecule has 1 unspecified atom stereocenters. The van der Waals surface area contributed by atoms with Crippen molar-refractivity contribution in [1.82, 2.24) is 10.2 Å². The van der Waals surface area contributed by atoms with E-state index in [0.29, 0.717) is 19.4 Å². The van der Waals surface area contributed by atoms with Gasteiger partial charge in [-0.2, -0.15) is 0 Å². The highest BCUT2D eigenvalue weighted by Crippen LogP contribution is 2.17. The Morgan fingerprint density at radius 2 is 1.71 bits per heavy atom. The Morgan fingerprint density at radius 3 is 2.32 bits per heavy atom. The van der Waals surface area contributed by atoms with Crippen LogP contribution in [0.3, 0.4) is 0 Å². The number of carbonyl (C=O) groups is 2. The molecule has 0 radical (unpaired) electrons. The average Bonchev–Trinajstić information content (AvgIpc) is 2.64. The zero-order valence-corrected chi connectivity index (χ0v) is 17.7. The summed E-state index contributed by atoms with van der Waals surface area (Å²) in [6.07, 6.45) is 0.871. The molecule has 28 heavy (non-hydrogen) atoms. The number of aryl methyl sites for hydroxylation is 2. The molecule has 1 N–H and O–H groups in total. The van der Waals surface area contributed by atoms with Gasteiger partial charge in [0.15, 0.2) is 0 Å². The fourth-order valence-corrected chi connectivity index (χ4v) is 3.34. The van der Waals surface area contributed by atoms with Crippen LogP contribution in [-0.4, -0.2) is 28.8 Å². The van der Waals surface area contributed by atoms with Gasteiger partial charge in [0, 0.05) is 12.6 Å². The fraction of sp³-hybridized carbons (Fsp3) is 0.417. The van der Waals surface area contributed by atoms with Gasteiger partial charge in [-0.3, -0.25) is 9.59 Å². The van der Waals surface area contributed by atoms with Crippen LogP contribution >= 0.6 is 0 Å². The molecule has 0 saturated carbocycles. The van der Waals surface area contributed by atoms with Crippen LogP contribution in [0.1, 0.15) is 49.4 Å². The van der Waals surface area contributed by atoms with Crippen molar-refractivity contribution in [2.45, 2.75) is 66.1 Å². The van der Waals surface area contributed by atoms with Gasteiger partial charge in [0.05, 0.1) is 6.42 Å². The maximum absolute atomic E-state index is 13.3. The van der Waals surface area contributed by atoms with Crippen LogP contribution < -0.4 is 5.32 Å². The second-order valence-corrected chi connectivity index (χ2v) is 7.70. The van der Waals surface area contributed by atoms with Crippen molar-refractivity contribution in [2.24, 2.45) is 0 Å². The highest BCUT2D eigenvalue weighted by atomic mass is 16.2. The normalized spacial score (nSPS) is 11.9. The summed E-state index contributed by atoms with van der Waals surface area (Å²) in [7, 11) is 0. The third-order valence-corrected chi connectivity index (χ3v) is 4.86. The largest absolute Gasteiger partial charge is 0.352 e. The fourth-order valence-electron chi connectivity index (χ4n) is 3.34. The van der Waals surface area contributed by atoms with Crippen LogP contribution in [0.25, 0.3) is 0 Å². The van der Waals surface area contributed by atoms with Crippen LogP contribution in [0.5, 0.6) is 0 Å². The maximum atomic E-state index is 13.3. The molecule has 0 aromatic heterocycles. The SMILES string of the molecule is CCC(C(=O)NC(C)C)N(Cc1ccccc1)C(=O)Cc1cc(C)ccc1C. The molecule has 0 spiro atoms. The van der Waals surface area contributed by atoms with E-state index in [2.05, 4.69) is 17.4 Å². The average molecular weight is 381 g/mol. The lowest BCUT2D eigenvalue weighted by atomic mass is 10.0. The van der Waals surface area contributed by atoms with Gasteiger partial charge in [0.25, 0.3) is 0 Å². The minimum atomic E-state index is -0.486. The van der Waals surface area contributed by atoms with Gasteiger partial charge in [-0.25, -0.2) is 0 Å². The highest BCUT2D eigenvalue weighted by Gasteiger charge is 2.29. The number of nitrogens with one attached hydrogen (secondary N) is 1. The molecular formula is C24H32N2O2. The highest BCUT2D eigenvalue weighted by molar-refractivity contribution is 5.88. The van der Waals surface area contributed by atoms with E-state index in [-0.39, 0.29) is 17.9 Å². The Balaban J connectivity index is 2.31. The van der Waals surface area contributed by atoms with Crippen LogP contribution in [0.4, 0.5) is 0 Å². The van der Waals surface area contributed by atoms with Crippen LogP contribution in [0.15, 0.2) is 48.5 Å². The van der Waals surface area contributed by atoms with Crippen LogP contribution in [-0.2, 0) is 22.6 Å². The smallest absolute Gasteiger partial charge is 0.243 e. The summed E-state index contributed by atoms with van der Waals surface area (Å²) in [5.74, 6) is -0.119.